The standard InChI is InChI=1S/C8H12BrN/c1-6(2)7-4-8(9)10(3)5-7/h4-6H,1-3H3. The molecule has 56 valence electrons. The zero-order valence-electron chi connectivity index (χ0n) is 6.56. The quantitative estimate of drug-likeness (QED) is 0.659. The smallest absolute Gasteiger partial charge is 0.0846 e. The molecule has 0 spiro atoms. The summed E-state index contributed by atoms with van der Waals surface area (Å²) in [6.07, 6.45) is 2.15. The third kappa shape index (κ3) is 1.43. The van der Waals surface area contributed by atoms with Gasteiger partial charge in [-0.2, -0.15) is 0 Å². The Hall–Kier alpha value is -0.240. The summed E-state index contributed by atoms with van der Waals surface area (Å²) in [5.41, 5.74) is 1.38. The van der Waals surface area contributed by atoms with Crippen LogP contribution in [0.3, 0.4) is 0 Å². The predicted molar refractivity (Wildman–Crippen MR) is 47.2 cm³/mol. The summed E-state index contributed by atoms with van der Waals surface area (Å²) in [5, 5.41) is 0. The number of nitrogens with zero attached hydrogens (tertiary/aromatic N) is 1. The van der Waals surface area contributed by atoms with Gasteiger partial charge in [0.05, 0.1) is 4.60 Å². The Morgan fingerprint density at radius 2 is 2.10 bits per heavy atom. The van der Waals surface area contributed by atoms with Crippen LogP contribution in [-0.4, -0.2) is 4.57 Å². The van der Waals surface area contributed by atoms with Gasteiger partial charge in [-0.1, -0.05) is 13.8 Å². The highest BCUT2D eigenvalue weighted by Crippen LogP contribution is 2.20. The minimum atomic E-state index is 0.623. The van der Waals surface area contributed by atoms with Gasteiger partial charge in [0, 0.05) is 13.2 Å². The Kier molecular flexibility index (Phi) is 2.19. The van der Waals surface area contributed by atoms with Gasteiger partial charge in [0.2, 0.25) is 0 Å². The molecule has 0 aliphatic carbocycles. The van der Waals surface area contributed by atoms with E-state index in [-0.39, 0.29) is 0 Å². The Bertz CT molecular complexity index is 206. The lowest BCUT2D eigenvalue weighted by atomic mass is 10.1. The summed E-state index contributed by atoms with van der Waals surface area (Å²) in [4.78, 5) is 0. The molecule has 0 fully saturated rings. The fourth-order valence-electron chi connectivity index (χ4n) is 0.878. The van der Waals surface area contributed by atoms with Crippen LogP contribution in [0.25, 0.3) is 0 Å². The van der Waals surface area contributed by atoms with Gasteiger partial charge in [-0.3, -0.25) is 0 Å². The Labute approximate surface area is 70.2 Å². The minimum Gasteiger partial charge on any atom is -0.345 e. The normalized spacial score (nSPS) is 10.9. The maximum absolute atomic E-state index is 3.45. The molecular formula is C8H12BrN. The van der Waals surface area contributed by atoms with Gasteiger partial charge in [0.1, 0.15) is 0 Å². The molecule has 0 aromatic carbocycles. The first-order chi connectivity index (χ1) is 4.61. The fourth-order valence-corrected chi connectivity index (χ4v) is 1.24. The summed E-state index contributed by atoms with van der Waals surface area (Å²) in [7, 11) is 2.04. The van der Waals surface area contributed by atoms with Crippen LogP contribution in [0.4, 0.5) is 0 Å². The lowest BCUT2D eigenvalue weighted by Gasteiger charge is -1.97. The third-order valence-electron chi connectivity index (χ3n) is 1.63. The monoisotopic (exact) mass is 201 g/mol. The second kappa shape index (κ2) is 2.79. The van der Waals surface area contributed by atoms with Gasteiger partial charge in [-0.25, -0.2) is 0 Å². The zero-order chi connectivity index (χ0) is 7.72. The van der Waals surface area contributed by atoms with Crippen molar-refractivity contribution >= 4 is 15.9 Å². The van der Waals surface area contributed by atoms with Crippen LogP contribution >= 0.6 is 15.9 Å². The molecule has 1 rings (SSSR count). The van der Waals surface area contributed by atoms with Crippen molar-refractivity contribution in [3.63, 3.8) is 0 Å². The molecule has 0 saturated carbocycles. The van der Waals surface area contributed by atoms with Crippen LogP contribution < -0.4 is 0 Å². The fraction of sp³-hybridized carbons (Fsp3) is 0.500. The zero-order valence-corrected chi connectivity index (χ0v) is 8.14. The second-order valence-electron chi connectivity index (χ2n) is 2.86. The van der Waals surface area contributed by atoms with E-state index in [1.54, 1.807) is 0 Å². The van der Waals surface area contributed by atoms with Crippen molar-refractivity contribution in [3.8, 4) is 0 Å². The maximum atomic E-state index is 3.45. The summed E-state index contributed by atoms with van der Waals surface area (Å²) < 4.78 is 3.23. The van der Waals surface area contributed by atoms with Crippen LogP contribution in [0, 0.1) is 0 Å². The van der Waals surface area contributed by atoms with Gasteiger partial charge >= 0.3 is 0 Å². The number of rotatable bonds is 1. The number of hydrogen-bond acceptors (Lipinski definition) is 0. The topological polar surface area (TPSA) is 4.93 Å². The van der Waals surface area contributed by atoms with Crippen LogP contribution in [0.15, 0.2) is 16.9 Å². The van der Waals surface area contributed by atoms with E-state index in [9.17, 15) is 0 Å². The second-order valence-corrected chi connectivity index (χ2v) is 3.67. The first-order valence-electron chi connectivity index (χ1n) is 3.43. The SMILES string of the molecule is CC(C)c1cc(Br)n(C)c1. The van der Waals surface area contributed by atoms with E-state index in [0.29, 0.717) is 5.92 Å². The first kappa shape index (κ1) is 7.86. The van der Waals surface area contributed by atoms with E-state index in [0.717, 1.165) is 4.60 Å². The van der Waals surface area contributed by atoms with E-state index in [1.807, 2.05) is 7.05 Å². The first-order valence-corrected chi connectivity index (χ1v) is 4.22. The molecular weight excluding hydrogens is 190 g/mol. The third-order valence-corrected chi connectivity index (χ3v) is 2.42. The molecule has 0 N–H and O–H groups in total. The van der Waals surface area contributed by atoms with Gasteiger partial charge < -0.3 is 4.57 Å². The molecule has 0 saturated heterocycles. The van der Waals surface area contributed by atoms with Crippen molar-refractivity contribution in [1.29, 1.82) is 0 Å². The number of hydrogen-bond donors (Lipinski definition) is 0. The van der Waals surface area contributed by atoms with Crippen LogP contribution in [0.1, 0.15) is 25.3 Å². The average molecular weight is 202 g/mol. The molecule has 0 bridgehead atoms. The van der Waals surface area contributed by atoms with Gasteiger partial charge in [0.25, 0.3) is 0 Å². The molecule has 1 heterocycles. The Morgan fingerprint density at radius 3 is 2.30 bits per heavy atom. The Balaban J connectivity index is 2.98. The van der Waals surface area contributed by atoms with Crippen LogP contribution in [0.5, 0.6) is 0 Å². The molecule has 1 nitrogen and oxygen atoms in total. The lowest BCUT2D eigenvalue weighted by Crippen LogP contribution is -1.84. The van der Waals surface area contributed by atoms with E-state index >= 15 is 0 Å². The van der Waals surface area contributed by atoms with Crippen LogP contribution in [0.2, 0.25) is 0 Å². The molecule has 1 aromatic heterocycles. The van der Waals surface area contributed by atoms with Crippen molar-refractivity contribution in [3.05, 3.63) is 22.4 Å². The largest absolute Gasteiger partial charge is 0.345 e. The molecule has 10 heavy (non-hydrogen) atoms. The van der Waals surface area contributed by atoms with E-state index in [4.69, 9.17) is 0 Å². The molecule has 0 unspecified atom stereocenters. The van der Waals surface area contributed by atoms with Crippen molar-refractivity contribution in [2.45, 2.75) is 19.8 Å². The molecule has 1 aromatic rings. The van der Waals surface area contributed by atoms with Gasteiger partial charge in [0.15, 0.2) is 0 Å². The number of halogens is 1. The maximum Gasteiger partial charge on any atom is 0.0846 e. The van der Waals surface area contributed by atoms with E-state index in [1.165, 1.54) is 5.56 Å². The molecule has 0 aliphatic heterocycles. The summed E-state index contributed by atoms with van der Waals surface area (Å²) >= 11 is 3.45. The van der Waals surface area contributed by atoms with Crippen molar-refractivity contribution in [2.75, 3.05) is 0 Å². The number of aryl methyl sites for hydroxylation is 1. The van der Waals surface area contributed by atoms with Gasteiger partial charge in [-0.15, -0.1) is 0 Å². The van der Waals surface area contributed by atoms with Crippen molar-refractivity contribution in [2.24, 2.45) is 7.05 Å². The summed E-state index contributed by atoms with van der Waals surface area (Å²) in [6, 6.07) is 2.16. The highest BCUT2D eigenvalue weighted by molar-refractivity contribution is 9.10. The average Bonchev–Trinajstić information content (AvgIpc) is 2.13. The summed E-state index contributed by atoms with van der Waals surface area (Å²) in [5.74, 6) is 0.623. The predicted octanol–water partition coefficient (Wildman–Crippen LogP) is 2.91. The van der Waals surface area contributed by atoms with E-state index < -0.39 is 0 Å². The summed E-state index contributed by atoms with van der Waals surface area (Å²) in [6.45, 7) is 4.39. The van der Waals surface area contributed by atoms with Crippen molar-refractivity contribution in [1.82, 2.24) is 4.57 Å². The molecule has 0 amide bonds. The van der Waals surface area contributed by atoms with Gasteiger partial charge in [-0.05, 0) is 33.5 Å². The Morgan fingerprint density at radius 1 is 1.50 bits per heavy atom. The van der Waals surface area contributed by atoms with E-state index in [2.05, 4.69) is 46.6 Å². The van der Waals surface area contributed by atoms with Crippen molar-refractivity contribution < 1.29 is 0 Å². The molecule has 0 radical (unpaired) electrons. The minimum absolute atomic E-state index is 0.623. The molecule has 0 atom stereocenters. The lowest BCUT2D eigenvalue weighted by molar-refractivity contribution is 0.845. The van der Waals surface area contributed by atoms with Crippen LogP contribution in [-0.2, 0) is 7.05 Å². The highest BCUT2D eigenvalue weighted by Gasteiger charge is 2.02. The number of aromatic nitrogens is 1. The molecule has 0 aliphatic rings. The highest BCUT2D eigenvalue weighted by atomic mass is 79.9. The molecule has 2 heteroatoms.